The molecule has 0 unspecified atom stereocenters. The van der Waals surface area contributed by atoms with E-state index in [2.05, 4.69) is 0 Å². The molecule has 1 fully saturated rings. The maximum absolute atomic E-state index is 12.4. The molecule has 7 nitrogen and oxygen atoms in total. The van der Waals surface area contributed by atoms with Gasteiger partial charge in [-0.25, -0.2) is 0 Å². The van der Waals surface area contributed by atoms with Crippen LogP contribution < -0.4 is 0 Å². The maximum Gasteiger partial charge on any atom is 0.305 e. The zero-order valence-corrected chi connectivity index (χ0v) is 17.4. The molecule has 1 amide bonds. The number of amides is 1. The van der Waals surface area contributed by atoms with Gasteiger partial charge in [0.25, 0.3) is 0 Å². The summed E-state index contributed by atoms with van der Waals surface area (Å²) in [4.78, 5) is 39.9. The molecule has 156 valence electrons. The van der Waals surface area contributed by atoms with Gasteiger partial charge < -0.3 is 19.3 Å². The fourth-order valence-electron chi connectivity index (χ4n) is 3.53. The van der Waals surface area contributed by atoms with Crippen molar-refractivity contribution < 1.29 is 23.9 Å². The van der Waals surface area contributed by atoms with Crippen LogP contribution in [0.25, 0.3) is 0 Å². The number of piperidine rings is 1. The molecule has 0 saturated carbocycles. The molecule has 7 heteroatoms. The van der Waals surface area contributed by atoms with E-state index < -0.39 is 0 Å². The molecule has 0 N–H and O–H groups in total. The Kier molecular flexibility index (Phi) is 10.4. The Hall–Kier alpha value is -1.63. The average Bonchev–Trinajstić information content (AvgIpc) is 2.64. The van der Waals surface area contributed by atoms with Crippen molar-refractivity contribution in [2.24, 2.45) is 5.41 Å². The van der Waals surface area contributed by atoms with Gasteiger partial charge in [0.15, 0.2) is 0 Å². The smallest absolute Gasteiger partial charge is 0.305 e. The van der Waals surface area contributed by atoms with Crippen LogP contribution in [0, 0.1) is 5.41 Å². The quantitative estimate of drug-likeness (QED) is 0.509. The molecule has 27 heavy (non-hydrogen) atoms. The highest BCUT2D eigenvalue weighted by Crippen LogP contribution is 2.41. The molecule has 0 atom stereocenters. The van der Waals surface area contributed by atoms with Gasteiger partial charge in [0.05, 0.1) is 13.2 Å². The lowest BCUT2D eigenvalue weighted by Crippen LogP contribution is -2.44. The monoisotopic (exact) mass is 384 g/mol. The zero-order valence-electron chi connectivity index (χ0n) is 17.4. The summed E-state index contributed by atoms with van der Waals surface area (Å²) in [6.07, 6.45) is 4.21. The lowest BCUT2D eigenvalue weighted by Gasteiger charge is -2.42. The van der Waals surface area contributed by atoms with Crippen molar-refractivity contribution in [2.45, 2.75) is 58.8 Å². The van der Waals surface area contributed by atoms with Crippen LogP contribution in [-0.4, -0.2) is 74.6 Å². The third-order valence-electron chi connectivity index (χ3n) is 5.28. The second-order valence-electron chi connectivity index (χ2n) is 7.54. The van der Waals surface area contributed by atoms with Gasteiger partial charge in [-0.1, -0.05) is 0 Å². The summed E-state index contributed by atoms with van der Waals surface area (Å²) in [5.41, 5.74) is -0.113. The molecule has 0 aromatic heterocycles. The lowest BCUT2D eigenvalue weighted by molar-refractivity contribution is -0.145. The Morgan fingerprint density at radius 1 is 0.889 bits per heavy atom. The predicted molar refractivity (Wildman–Crippen MR) is 103 cm³/mol. The maximum atomic E-state index is 12.4. The second-order valence-corrected chi connectivity index (χ2v) is 7.54. The van der Waals surface area contributed by atoms with E-state index in [1.54, 1.807) is 13.8 Å². The third-order valence-corrected chi connectivity index (χ3v) is 5.28. The summed E-state index contributed by atoms with van der Waals surface area (Å²) < 4.78 is 10.1. The van der Waals surface area contributed by atoms with Gasteiger partial charge in [-0.05, 0) is 59.0 Å². The first-order valence-electron chi connectivity index (χ1n) is 10.1. The minimum atomic E-state index is -0.197. The van der Waals surface area contributed by atoms with Crippen LogP contribution in [0.5, 0.6) is 0 Å². The number of esters is 2. The predicted octanol–water partition coefficient (Wildman–Crippen LogP) is 2.23. The first kappa shape index (κ1) is 23.4. The van der Waals surface area contributed by atoms with Crippen LogP contribution in [0.15, 0.2) is 0 Å². The summed E-state index contributed by atoms with van der Waals surface area (Å²) >= 11 is 0. The Labute approximate surface area is 163 Å². The molecular weight excluding hydrogens is 348 g/mol. The van der Waals surface area contributed by atoms with E-state index in [0.717, 1.165) is 19.4 Å². The normalized spacial score (nSPS) is 16.3. The number of rotatable bonds is 11. The van der Waals surface area contributed by atoms with E-state index in [0.29, 0.717) is 58.4 Å². The van der Waals surface area contributed by atoms with Crippen molar-refractivity contribution in [1.29, 1.82) is 0 Å². The number of ether oxygens (including phenoxy) is 2. The molecule has 1 heterocycles. The molecular formula is C20H36N2O5. The van der Waals surface area contributed by atoms with Gasteiger partial charge >= 0.3 is 11.9 Å². The van der Waals surface area contributed by atoms with Crippen molar-refractivity contribution in [3.05, 3.63) is 0 Å². The van der Waals surface area contributed by atoms with Crippen LogP contribution in [-0.2, 0) is 23.9 Å². The van der Waals surface area contributed by atoms with E-state index in [-0.39, 0.29) is 23.3 Å². The van der Waals surface area contributed by atoms with Gasteiger partial charge in [-0.2, -0.15) is 0 Å². The summed E-state index contributed by atoms with van der Waals surface area (Å²) in [7, 11) is 3.92. The topological polar surface area (TPSA) is 76.2 Å². The van der Waals surface area contributed by atoms with Crippen LogP contribution >= 0.6 is 0 Å². The van der Waals surface area contributed by atoms with E-state index >= 15 is 0 Å². The van der Waals surface area contributed by atoms with Crippen molar-refractivity contribution >= 4 is 17.8 Å². The van der Waals surface area contributed by atoms with Crippen molar-refractivity contribution in [3.8, 4) is 0 Å². The molecule has 0 aromatic carbocycles. The standard InChI is InChI=1S/C20H36N2O5/c1-5-26-18(24)7-10-20(11-8-19(25)27-6-2)12-15-22(16-13-20)17(23)9-14-21(3)4/h5-16H2,1-4H3. The van der Waals surface area contributed by atoms with Gasteiger partial charge in [0.1, 0.15) is 0 Å². The number of carbonyl (C=O) groups is 3. The average molecular weight is 385 g/mol. The Morgan fingerprint density at radius 2 is 1.37 bits per heavy atom. The molecule has 1 rings (SSSR count). The minimum Gasteiger partial charge on any atom is -0.466 e. The minimum absolute atomic E-state index is 0.113. The third kappa shape index (κ3) is 8.73. The number of nitrogens with zero attached hydrogens (tertiary/aromatic N) is 2. The molecule has 1 saturated heterocycles. The second kappa shape index (κ2) is 12.0. The van der Waals surface area contributed by atoms with Crippen LogP contribution in [0.1, 0.15) is 58.8 Å². The summed E-state index contributed by atoms with van der Waals surface area (Å²) in [5.74, 6) is -0.219. The van der Waals surface area contributed by atoms with Crippen molar-refractivity contribution in [3.63, 3.8) is 0 Å². The summed E-state index contributed by atoms with van der Waals surface area (Å²) in [6.45, 7) is 6.45. The van der Waals surface area contributed by atoms with Crippen LogP contribution in [0.2, 0.25) is 0 Å². The molecule has 0 aromatic rings. The molecule has 1 aliphatic heterocycles. The highest BCUT2D eigenvalue weighted by Gasteiger charge is 2.36. The SMILES string of the molecule is CCOC(=O)CCC1(CCC(=O)OCC)CCN(C(=O)CCN(C)C)CC1. The largest absolute Gasteiger partial charge is 0.466 e. The van der Waals surface area contributed by atoms with Crippen molar-refractivity contribution in [2.75, 3.05) is 46.9 Å². The number of hydrogen-bond donors (Lipinski definition) is 0. The van der Waals surface area contributed by atoms with Crippen LogP contribution in [0.3, 0.4) is 0 Å². The first-order valence-corrected chi connectivity index (χ1v) is 10.1. The Balaban J connectivity index is 2.63. The van der Waals surface area contributed by atoms with Gasteiger partial charge in [0, 0.05) is 38.9 Å². The van der Waals surface area contributed by atoms with E-state index in [9.17, 15) is 14.4 Å². The van der Waals surface area contributed by atoms with E-state index in [1.165, 1.54) is 0 Å². The molecule has 0 spiro atoms. The zero-order chi connectivity index (χ0) is 20.3. The highest BCUT2D eigenvalue weighted by molar-refractivity contribution is 5.76. The number of likely N-dealkylation sites (tertiary alicyclic amines) is 1. The molecule has 1 aliphatic rings. The number of hydrogen-bond acceptors (Lipinski definition) is 6. The fraction of sp³-hybridized carbons (Fsp3) is 0.850. The van der Waals surface area contributed by atoms with E-state index in [4.69, 9.17) is 9.47 Å². The Morgan fingerprint density at radius 3 is 1.78 bits per heavy atom. The molecule has 0 radical (unpaired) electrons. The highest BCUT2D eigenvalue weighted by atomic mass is 16.5. The summed E-state index contributed by atoms with van der Waals surface area (Å²) in [5, 5.41) is 0. The van der Waals surface area contributed by atoms with Gasteiger partial charge in [-0.15, -0.1) is 0 Å². The fourth-order valence-corrected chi connectivity index (χ4v) is 3.53. The molecule has 0 bridgehead atoms. The van der Waals surface area contributed by atoms with E-state index in [1.807, 2.05) is 23.9 Å². The van der Waals surface area contributed by atoms with Crippen LogP contribution in [0.4, 0.5) is 0 Å². The van der Waals surface area contributed by atoms with Gasteiger partial charge in [0.2, 0.25) is 5.91 Å². The number of carbonyl (C=O) groups excluding carboxylic acids is 3. The first-order chi connectivity index (χ1) is 12.8. The van der Waals surface area contributed by atoms with Gasteiger partial charge in [-0.3, -0.25) is 14.4 Å². The van der Waals surface area contributed by atoms with Crippen molar-refractivity contribution in [1.82, 2.24) is 9.80 Å². The summed E-state index contributed by atoms with van der Waals surface area (Å²) in [6, 6.07) is 0. The molecule has 0 aliphatic carbocycles. The Bertz CT molecular complexity index is 461. The lowest BCUT2D eigenvalue weighted by atomic mass is 9.71.